The molecule has 0 aromatic heterocycles. The second kappa shape index (κ2) is 66.1. The molecule has 6 heteroatoms. The van der Waals surface area contributed by atoms with Gasteiger partial charge in [-0.25, -0.2) is 0 Å². The lowest BCUT2D eigenvalue weighted by molar-refractivity contribution is -0.167. The fourth-order valence-electron chi connectivity index (χ4n) is 8.79. The lowest BCUT2D eigenvalue weighted by atomic mass is 10.1. The molecular formula is C73H120O6. The third kappa shape index (κ3) is 64.3. The Morgan fingerprint density at radius 1 is 0.266 bits per heavy atom. The zero-order chi connectivity index (χ0) is 57.1. The lowest BCUT2D eigenvalue weighted by Crippen LogP contribution is -2.30. The van der Waals surface area contributed by atoms with Crippen molar-refractivity contribution in [3.05, 3.63) is 134 Å². The van der Waals surface area contributed by atoms with E-state index in [-0.39, 0.29) is 31.1 Å². The molecule has 0 aromatic rings. The first-order valence-corrected chi connectivity index (χ1v) is 32.7. The highest BCUT2D eigenvalue weighted by molar-refractivity contribution is 5.71. The standard InChI is InChI=1S/C73H120O6/c1-4-7-10-13-16-19-22-25-28-30-32-34-35-36-37-39-40-42-45-48-51-54-57-60-63-66-72(75)78-69-70(68-77-71(74)65-62-59-56-53-50-47-44-27-24-21-18-15-12-9-6-3)79-73(76)67-64-61-58-55-52-49-46-43-41-38-33-31-29-26-23-20-17-14-11-8-5-2/h7-8,10-11,16-17,19-20,25-29,32-34,36-38,40,42,44,70H,4-6,9,12-15,18,21-24,30-31,35,39,41,43,45-69H2,1-3H3/b10-7-,11-8-,19-16-,20-17-,28-25-,29-26-,34-32-,37-36-,38-33-,42-40-,44-27-. The number of rotatable bonds is 58. The van der Waals surface area contributed by atoms with Gasteiger partial charge in [0.2, 0.25) is 0 Å². The Morgan fingerprint density at radius 3 is 0.785 bits per heavy atom. The van der Waals surface area contributed by atoms with E-state index < -0.39 is 6.10 Å². The van der Waals surface area contributed by atoms with Crippen LogP contribution in [0.2, 0.25) is 0 Å². The molecule has 448 valence electrons. The molecule has 0 aliphatic carbocycles. The van der Waals surface area contributed by atoms with E-state index in [9.17, 15) is 14.4 Å². The van der Waals surface area contributed by atoms with Crippen molar-refractivity contribution in [2.45, 2.75) is 297 Å². The molecule has 1 unspecified atom stereocenters. The van der Waals surface area contributed by atoms with E-state index in [1.165, 1.54) is 103 Å². The van der Waals surface area contributed by atoms with E-state index in [4.69, 9.17) is 14.2 Å². The molecule has 6 nitrogen and oxygen atoms in total. The van der Waals surface area contributed by atoms with Crippen LogP contribution in [0.1, 0.15) is 290 Å². The van der Waals surface area contributed by atoms with E-state index in [0.717, 1.165) is 148 Å². The molecular weight excluding hydrogens is 973 g/mol. The van der Waals surface area contributed by atoms with Gasteiger partial charge in [0.25, 0.3) is 0 Å². The van der Waals surface area contributed by atoms with Crippen LogP contribution in [0.5, 0.6) is 0 Å². The Bertz CT molecular complexity index is 1680. The predicted molar refractivity (Wildman–Crippen MR) is 343 cm³/mol. The van der Waals surface area contributed by atoms with Gasteiger partial charge in [-0.05, 0) is 135 Å². The highest BCUT2D eigenvalue weighted by Crippen LogP contribution is 2.15. The number of allylic oxidation sites excluding steroid dienone is 22. The zero-order valence-electron chi connectivity index (χ0n) is 51.3. The number of hydrogen-bond acceptors (Lipinski definition) is 6. The first-order valence-electron chi connectivity index (χ1n) is 32.7. The summed E-state index contributed by atoms with van der Waals surface area (Å²) < 4.78 is 16.9. The Hall–Kier alpha value is -4.45. The van der Waals surface area contributed by atoms with Gasteiger partial charge in [0.05, 0.1) is 0 Å². The van der Waals surface area contributed by atoms with Gasteiger partial charge in [-0.15, -0.1) is 0 Å². The molecule has 0 radical (unpaired) electrons. The first-order chi connectivity index (χ1) is 39.0. The average Bonchev–Trinajstić information content (AvgIpc) is 3.45. The summed E-state index contributed by atoms with van der Waals surface area (Å²) in [4.78, 5) is 38.4. The first kappa shape index (κ1) is 74.5. The Morgan fingerprint density at radius 2 is 0.494 bits per heavy atom. The van der Waals surface area contributed by atoms with Gasteiger partial charge in [0.15, 0.2) is 6.10 Å². The Kier molecular flexibility index (Phi) is 62.3. The molecule has 0 rings (SSSR count). The molecule has 1 atom stereocenters. The van der Waals surface area contributed by atoms with E-state index in [1.807, 2.05) is 0 Å². The molecule has 79 heavy (non-hydrogen) atoms. The molecule has 0 aliphatic rings. The number of hydrogen-bond donors (Lipinski definition) is 0. The fourth-order valence-corrected chi connectivity index (χ4v) is 8.79. The maximum Gasteiger partial charge on any atom is 0.306 e. The zero-order valence-corrected chi connectivity index (χ0v) is 51.3. The van der Waals surface area contributed by atoms with Crippen molar-refractivity contribution in [1.82, 2.24) is 0 Å². The highest BCUT2D eigenvalue weighted by Gasteiger charge is 2.19. The van der Waals surface area contributed by atoms with E-state index in [0.29, 0.717) is 19.3 Å². The molecule has 0 aliphatic heterocycles. The van der Waals surface area contributed by atoms with Crippen LogP contribution in [0.3, 0.4) is 0 Å². The largest absolute Gasteiger partial charge is 0.462 e. The molecule has 0 spiro atoms. The number of unbranched alkanes of at least 4 members (excludes halogenated alkanes) is 25. The van der Waals surface area contributed by atoms with Crippen molar-refractivity contribution in [2.24, 2.45) is 0 Å². The Balaban J connectivity index is 4.43. The summed E-state index contributed by atoms with van der Waals surface area (Å²) in [5, 5.41) is 0. The van der Waals surface area contributed by atoms with Gasteiger partial charge in [0, 0.05) is 19.3 Å². The van der Waals surface area contributed by atoms with Crippen LogP contribution in [0.25, 0.3) is 0 Å². The van der Waals surface area contributed by atoms with E-state index >= 15 is 0 Å². The van der Waals surface area contributed by atoms with E-state index in [1.54, 1.807) is 0 Å². The van der Waals surface area contributed by atoms with Crippen molar-refractivity contribution >= 4 is 17.9 Å². The third-order valence-corrected chi connectivity index (χ3v) is 13.6. The smallest absolute Gasteiger partial charge is 0.306 e. The van der Waals surface area contributed by atoms with Crippen LogP contribution in [0.15, 0.2) is 134 Å². The van der Waals surface area contributed by atoms with Crippen LogP contribution in [0.4, 0.5) is 0 Å². The van der Waals surface area contributed by atoms with Gasteiger partial charge in [0.1, 0.15) is 13.2 Å². The second-order valence-corrected chi connectivity index (χ2v) is 21.3. The van der Waals surface area contributed by atoms with Gasteiger partial charge < -0.3 is 14.2 Å². The van der Waals surface area contributed by atoms with Gasteiger partial charge in [-0.2, -0.15) is 0 Å². The maximum atomic E-state index is 12.9. The number of esters is 3. The third-order valence-electron chi connectivity index (χ3n) is 13.6. The fraction of sp³-hybridized carbons (Fsp3) is 0.658. The highest BCUT2D eigenvalue weighted by atomic mass is 16.6. The summed E-state index contributed by atoms with van der Waals surface area (Å²) in [5.74, 6) is -0.920. The van der Waals surface area contributed by atoms with Crippen LogP contribution in [-0.4, -0.2) is 37.2 Å². The summed E-state index contributed by atoms with van der Waals surface area (Å²) >= 11 is 0. The van der Waals surface area contributed by atoms with Crippen molar-refractivity contribution in [1.29, 1.82) is 0 Å². The van der Waals surface area contributed by atoms with E-state index in [2.05, 4.69) is 154 Å². The average molecular weight is 1090 g/mol. The summed E-state index contributed by atoms with van der Waals surface area (Å²) in [6.07, 6.45) is 93.0. The summed E-state index contributed by atoms with van der Waals surface area (Å²) in [7, 11) is 0. The van der Waals surface area contributed by atoms with Crippen molar-refractivity contribution in [3.8, 4) is 0 Å². The lowest BCUT2D eigenvalue weighted by Gasteiger charge is -2.18. The summed E-state index contributed by atoms with van der Waals surface area (Å²) in [6.45, 7) is 6.40. The second-order valence-electron chi connectivity index (χ2n) is 21.3. The van der Waals surface area contributed by atoms with Crippen molar-refractivity contribution < 1.29 is 28.6 Å². The number of ether oxygens (including phenoxy) is 3. The molecule has 0 amide bonds. The summed E-state index contributed by atoms with van der Waals surface area (Å²) in [6, 6.07) is 0. The molecule has 0 bridgehead atoms. The molecule has 0 saturated carbocycles. The SMILES string of the molecule is CC/C=C\C/C=C\C/C=C\C/C=C\C/C=C\C/C=C\CCCCCCCCC(=O)OCC(COC(=O)CCCCCCC/C=C\CCCCCCCC)OC(=O)CCCCCCCCCC/C=C\C/C=C\C/C=C\C/C=C\CC. The summed E-state index contributed by atoms with van der Waals surface area (Å²) in [5.41, 5.74) is 0. The predicted octanol–water partition coefficient (Wildman–Crippen LogP) is 22.5. The van der Waals surface area contributed by atoms with Gasteiger partial charge in [-0.3, -0.25) is 14.4 Å². The van der Waals surface area contributed by atoms with Gasteiger partial charge in [-0.1, -0.05) is 270 Å². The van der Waals surface area contributed by atoms with Crippen LogP contribution >= 0.6 is 0 Å². The minimum absolute atomic E-state index is 0.0935. The monoisotopic (exact) mass is 1090 g/mol. The molecule has 0 heterocycles. The minimum atomic E-state index is -0.799. The minimum Gasteiger partial charge on any atom is -0.462 e. The quantitative estimate of drug-likeness (QED) is 0.0261. The number of carbonyl (C=O) groups is 3. The van der Waals surface area contributed by atoms with Crippen LogP contribution in [0, 0.1) is 0 Å². The molecule has 0 saturated heterocycles. The Labute approximate surface area is 487 Å². The van der Waals surface area contributed by atoms with Crippen molar-refractivity contribution in [2.75, 3.05) is 13.2 Å². The topological polar surface area (TPSA) is 78.9 Å². The normalized spacial score (nSPS) is 13.0. The maximum absolute atomic E-state index is 12.9. The molecule has 0 N–H and O–H groups in total. The van der Waals surface area contributed by atoms with Gasteiger partial charge >= 0.3 is 17.9 Å². The van der Waals surface area contributed by atoms with Crippen LogP contribution < -0.4 is 0 Å². The van der Waals surface area contributed by atoms with Crippen LogP contribution in [-0.2, 0) is 28.6 Å². The number of carbonyl (C=O) groups excluding carboxylic acids is 3. The molecule has 0 fully saturated rings. The molecule has 0 aromatic carbocycles. The van der Waals surface area contributed by atoms with Crippen molar-refractivity contribution in [3.63, 3.8) is 0 Å².